The van der Waals surface area contributed by atoms with Gasteiger partial charge in [-0.3, -0.25) is 14.9 Å². The number of anilines is 1. The van der Waals surface area contributed by atoms with Gasteiger partial charge >= 0.3 is 6.03 Å². The number of rotatable bonds is 4. The van der Waals surface area contributed by atoms with Crippen molar-refractivity contribution in [3.8, 4) is 0 Å². The summed E-state index contributed by atoms with van der Waals surface area (Å²) in [4.78, 5) is 43.2. The number of carbonyl (C=O) groups is 3. The van der Waals surface area contributed by atoms with Crippen molar-refractivity contribution in [3.05, 3.63) is 23.9 Å². The van der Waals surface area contributed by atoms with Gasteiger partial charge in [-0.25, -0.2) is 9.78 Å². The SMILES string of the molecule is Cc1ccnc(N2CCN(C(=O)CC[C@H]3NC(=O)NC3=O)CC2)c1. The van der Waals surface area contributed by atoms with E-state index in [0.717, 1.165) is 24.5 Å². The predicted octanol–water partition coefficient (Wildman–Crippen LogP) is 0.0268. The Labute approximate surface area is 140 Å². The lowest BCUT2D eigenvalue weighted by atomic mass is 10.1. The molecule has 0 saturated carbocycles. The van der Waals surface area contributed by atoms with Gasteiger partial charge in [0.1, 0.15) is 11.9 Å². The molecule has 3 rings (SSSR count). The van der Waals surface area contributed by atoms with Gasteiger partial charge in [-0.15, -0.1) is 0 Å². The highest BCUT2D eigenvalue weighted by atomic mass is 16.2. The maximum absolute atomic E-state index is 12.3. The maximum atomic E-state index is 12.3. The van der Waals surface area contributed by atoms with Gasteiger partial charge < -0.3 is 15.1 Å². The van der Waals surface area contributed by atoms with E-state index in [0.29, 0.717) is 19.5 Å². The summed E-state index contributed by atoms with van der Waals surface area (Å²) in [6, 6.07) is 2.91. The van der Waals surface area contributed by atoms with Gasteiger partial charge in [0.2, 0.25) is 5.91 Å². The topological polar surface area (TPSA) is 94.6 Å². The van der Waals surface area contributed by atoms with Crippen LogP contribution in [0.1, 0.15) is 18.4 Å². The first-order chi connectivity index (χ1) is 11.5. The molecule has 4 amide bonds. The van der Waals surface area contributed by atoms with Crippen molar-refractivity contribution in [1.29, 1.82) is 0 Å². The quantitative estimate of drug-likeness (QED) is 0.759. The van der Waals surface area contributed by atoms with Gasteiger partial charge in [-0.05, 0) is 31.0 Å². The van der Waals surface area contributed by atoms with Crippen molar-refractivity contribution in [2.75, 3.05) is 31.1 Å². The molecule has 1 atom stereocenters. The predicted molar refractivity (Wildman–Crippen MR) is 87.5 cm³/mol. The van der Waals surface area contributed by atoms with Crippen LogP contribution in [-0.4, -0.2) is 60.0 Å². The van der Waals surface area contributed by atoms with E-state index in [2.05, 4.69) is 20.5 Å². The molecule has 2 N–H and O–H groups in total. The number of aryl methyl sites for hydroxylation is 1. The van der Waals surface area contributed by atoms with E-state index < -0.39 is 12.1 Å². The third kappa shape index (κ3) is 3.64. The molecule has 24 heavy (non-hydrogen) atoms. The lowest BCUT2D eigenvalue weighted by Gasteiger charge is -2.35. The van der Waals surface area contributed by atoms with Crippen LogP contribution in [0.4, 0.5) is 10.6 Å². The van der Waals surface area contributed by atoms with Crippen LogP contribution < -0.4 is 15.5 Å². The van der Waals surface area contributed by atoms with E-state index in [1.165, 1.54) is 0 Å². The average molecular weight is 331 g/mol. The summed E-state index contributed by atoms with van der Waals surface area (Å²) < 4.78 is 0. The largest absolute Gasteiger partial charge is 0.353 e. The third-order valence-electron chi connectivity index (χ3n) is 4.36. The van der Waals surface area contributed by atoms with Crippen LogP contribution in [0, 0.1) is 6.92 Å². The van der Waals surface area contributed by atoms with E-state index in [1.807, 2.05) is 19.1 Å². The zero-order valence-corrected chi connectivity index (χ0v) is 13.6. The van der Waals surface area contributed by atoms with Gasteiger partial charge in [-0.2, -0.15) is 0 Å². The number of nitrogens with zero attached hydrogens (tertiary/aromatic N) is 3. The molecule has 0 spiro atoms. The van der Waals surface area contributed by atoms with Gasteiger partial charge in [0.05, 0.1) is 0 Å². The van der Waals surface area contributed by atoms with E-state index in [9.17, 15) is 14.4 Å². The summed E-state index contributed by atoms with van der Waals surface area (Å²) in [7, 11) is 0. The second-order valence-corrected chi connectivity index (χ2v) is 6.11. The number of piperazine rings is 1. The number of urea groups is 1. The van der Waals surface area contributed by atoms with Crippen LogP contribution in [0.15, 0.2) is 18.3 Å². The molecule has 2 aliphatic rings. The number of pyridine rings is 1. The second-order valence-electron chi connectivity index (χ2n) is 6.11. The molecule has 2 aliphatic heterocycles. The minimum Gasteiger partial charge on any atom is -0.353 e. The Morgan fingerprint density at radius 3 is 2.67 bits per heavy atom. The first-order valence-electron chi connectivity index (χ1n) is 8.09. The first kappa shape index (κ1) is 16.2. The summed E-state index contributed by atoms with van der Waals surface area (Å²) >= 11 is 0. The van der Waals surface area contributed by atoms with E-state index in [4.69, 9.17) is 0 Å². The van der Waals surface area contributed by atoms with E-state index in [-0.39, 0.29) is 18.2 Å². The van der Waals surface area contributed by atoms with Gasteiger partial charge in [0.15, 0.2) is 0 Å². The van der Waals surface area contributed by atoms with E-state index >= 15 is 0 Å². The van der Waals surface area contributed by atoms with Gasteiger partial charge in [0.25, 0.3) is 5.91 Å². The molecule has 2 saturated heterocycles. The van der Waals surface area contributed by atoms with Crippen molar-refractivity contribution in [2.24, 2.45) is 0 Å². The zero-order chi connectivity index (χ0) is 17.1. The number of hydrogen-bond donors (Lipinski definition) is 2. The molecule has 0 aromatic carbocycles. The minimum atomic E-state index is -0.598. The average Bonchev–Trinajstić information content (AvgIpc) is 2.90. The first-order valence-corrected chi connectivity index (χ1v) is 8.09. The smallest absolute Gasteiger partial charge is 0.322 e. The van der Waals surface area contributed by atoms with Crippen molar-refractivity contribution >= 4 is 23.7 Å². The van der Waals surface area contributed by atoms with Crippen LogP contribution in [0.5, 0.6) is 0 Å². The minimum absolute atomic E-state index is 0.0146. The molecular formula is C16H21N5O3. The number of hydrogen-bond acceptors (Lipinski definition) is 5. The summed E-state index contributed by atoms with van der Waals surface area (Å²) in [6.45, 7) is 4.78. The lowest BCUT2D eigenvalue weighted by molar-refractivity contribution is -0.131. The Kier molecular flexibility index (Phi) is 4.64. The summed E-state index contributed by atoms with van der Waals surface area (Å²) in [5.74, 6) is 0.594. The molecule has 0 bridgehead atoms. The standard InChI is InChI=1S/C16H21N5O3/c1-11-4-5-17-13(10-11)20-6-8-21(9-7-20)14(22)3-2-12-15(23)19-16(24)18-12/h4-5,10,12H,2-3,6-9H2,1H3,(H2,18,19,23,24)/t12-/m1/s1. The second kappa shape index (κ2) is 6.86. The maximum Gasteiger partial charge on any atom is 0.322 e. The molecule has 8 nitrogen and oxygen atoms in total. The molecule has 2 fully saturated rings. The zero-order valence-electron chi connectivity index (χ0n) is 13.6. The Bertz CT molecular complexity index is 655. The van der Waals surface area contributed by atoms with Crippen molar-refractivity contribution in [1.82, 2.24) is 20.5 Å². The highest BCUT2D eigenvalue weighted by Crippen LogP contribution is 2.15. The number of aromatic nitrogens is 1. The Morgan fingerprint density at radius 2 is 2.04 bits per heavy atom. The Morgan fingerprint density at radius 1 is 1.29 bits per heavy atom. The van der Waals surface area contributed by atoms with Crippen molar-refractivity contribution in [3.63, 3.8) is 0 Å². The number of nitrogens with one attached hydrogen (secondary N) is 2. The molecule has 0 unspecified atom stereocenters. The third-order valence-corrected chi connectivity index (χ3v) is 4.36. The monoisotopic (exact) mass is 331 g/mol. The van der Waals surface area contributed by atoms with Crippen LogP contribution in [-0.2, 0) is 9.59 Å². The van der Waals surface area contributed by atoms with Crippen molar-refractivity contribution in [2.45, 2.75) is 25.8 Å². The summed E-state index contributed by atoms with van der Waals surface area (Å²) in [6.07, 6.45) is 2.38. The number of imide groups is 1. The van der Waals surface area contributed by atoms with Crippen LogP contribution in [0.2, 0.25) is 0 Å². The number of carbonyl (C=O) groups excluding carboxylic acids is 3. The summed E-state index contributed by atoms with van der Waals surface area (Å²) in [5, 5.41) is 4.68. The highest BCUT2D eigenvalue weighted by molar-refractivity contribution is 6.04. The fourth-order valence-corrected chi connectivity index (χ4v) is 2.97. The Balaban J connectivity index is 1.47. The lowest BCUT2D eigenvalue weighted by Crippen LogP contribution is -2.49. The van der Waals surface area contributed by atoms with Crippen LogP contribution in [0.25, 0.3) is 0 Å². The fourth-order valence-electron chi connectivity index (χ4n) is 2.97. The molecule has 1 aromatic rings. The van der Waals surface area contributed by atoms with E-state index in [1.54, 1.807) is 11.1 Å². The molecule has 8 heteroatoms. The molecular weight excluding hydrogens is 310 g/mol. The van der Waals surface area contributed by atoms with Crippen LogP contribution >= 0.6 is 0 Å². The van der Waals surface area contributed by atoms with Crippen LogP contribution in [0.3, 0.4) is 0 Å². The molecule has 1 aromatic heterocycles. The fraction of sp³-hybridized carbons (Fsp3) is 0.500. The molecule has 128 valence electrons. The molecule has 0 radical (unpaired) electrons. The normalized spacial score (nSPS) is 20.8. The number of amides is 4. The summed E-state index contributed by atoms with van der Waals surface area (Å²) in [5.41, 5.74) is 1.16. The Hall–Kier alpha value is -2.64. The molecule has 3 heterocycles. The van der Waals surface area contributed by atoms with Gasteiger partial charge in [-0.1, -0.05) is 0 Å². The highest BCUT2D eigenvalue weighted by Gasteiger charge is 2.30. The van der Waals surface area contributed by atoms with Crippen molar-refractivity contribution < 1.29 is 14.4 Å². The van der Waals surface area contributed by atoms with Gasteiger partial charge in [0, 0.05) is 38.8 Å². The molecule has 0 aliphatic carbocycles.